The highest BCUT2D eigenvalue weighted by Crippen LogP contribution is 2.22. The lowest BCUT2D eigenvalue weighted by Gasteiger charge is -2.08. The van der Waals surface area contributed by atoms with Crippen LogP contribution in [0, 0.1) is 5.41 Å². The largest absolute Gasteiger partial charge is 0.445 e. The Morgan fingerprint density at radius 2 is 1.66 bits per heavy atom. The molecule has 0 fully saturated rings. The molecule has 0 aliphatic rings. The van der Waals surface area contributed by atoms with Crippen molar-refractivity contribution in [1.29, 1.82) is 5.41 Å². The Kier molecular flexibility index (Phi) is 8.20. The lowest BCUT2D eigenvalue weighted by Crippen LogP contribution is -2.25. The Morgan fingerprint density at radius 1 is 0.906 bits per heavy atom. The number of nitrogens with one attached hydrogen (secondary N) is 2. The molecule has 7 heteroatoms. The van der Waals surface area contributed by atoms with Crippen LogP contribution in [0.15, 0.2) is 66.7 Å². The van der Waals surface area contributed by atoms with Gasteiger partial charge in [0.1, 0.15) is 18.2 Å². The van der Waals surface area contributed by atoms with Crippen molar-refractivity contribution < 1.29 is 19.1 Å². The summed E-state index contributed by atoms with van der Waals surface area (Å²) in [7, 11) is 0. The number of ether oxygens (including phenoxy) is 2. The maximum atomic E-state index is 12.1. The van der Waals surface area contributed by atoms with Gasteiger partial charge in [0.05, 0.1) is 0 Å². The van der Waals surface area contributed by atoms with Crippen LogP contribution in [0.5, 0.6) is 5.75 Å². The smallest absolute Gasteiger partial charge is 0.407 e. The van der Waals surface area contributed by atoms with Gasteiger partial charge in [0.15, 0.2) is 0 Å². The second-order valence-electron chi connectivity index (χ2n) is 7.41. The summed E-state index contributed by atoms with van der Waals surface area (Å²) in [4.78, 5) is 23.8. The lowest BCUT2D eigenvalue weighted by atomic mass is 10.1. The molecule has 3 aromatic rings. The lowest BCUT2D eigenvalue weighted by molar-refractivity contribution is -0.134. The van der Waals surface area contributed by atoms with E-state index in [2.05, 4.69) is 5.32 Å². The molecule has 0 saturated carbocycles. The zero-order valence-electron chi connectivity index (χ0n) is 17.8. The summed E-state index contributed by atoms with van der Waals surface area (Å²) in [5.74, 6) is 0.211. The molecule has 32 heavy (non-hydrogen) atoms. The number of nitrogen functional groups attached to an aromatic ring is 1. The summed E-state index contributed by atoms with van der Waals surface area (Å²) in [5, 5.41) is 12.0. The maximum absolute atomic E-state index is 12.1. The first-order chi connectivity index (χ1) is 15.5. The van der Waals surface area contributed by atoms with Gasteiger partial charge in [0.2, 0.25) is 0 Å². The molecular weight excluding hydrogens is 406 g/mol. The molecule has 166 valence electrons. The minimum Gasteiger partial charge on any atom is -0.445 e. The van der Waals surface area contributed by atoms with E-state index >= 15 is 0 Å². The fraction of sp³-hybridized carbons (Fsp3) is 0.240. The fourth-order valence-corrected chi connectivity index (χ4v) is 3.17. The predicted molar refractivity (Wildman–Crippen MR) is 124 cm³/mol. The van der Waals surface area contributed by atoms with Crippen LogP contribution in [-0.4, -0.2) is 24.4 Å². The topological polar surface area (TPSA) is 115 Å². The van der Waals surface area contributed by atoms with Gasteiger partial charge < -0.3 is 20.5 Å². The first-order valence-electron chi connectivity index (χ1n) is 10.5. The maximum Gasteiger partial charge on any atom is 0.407 e. The molecule has 0 atom stereocenters. The van der Waals surface area contributed by atoms with Crippen LogP contribution in [0.25, 0.3) is 10.8 Å². The van der Waals surface area contributed by atoms with E-state index in [-0.39, 0.29) is 18.4 Å². The fourth-order valence-electron chi connectivity index (χ4n) is 3.17. The highest BCUT2D eigenvalue weighted by atomic mass is 16.5. The van der Waals surface area contributed by atoms with Crippen LogP contribution in [0.3, 0.4) is 0 Å². The Bertz CT molecular complexity index is 1080. The minimum absolute atomic E-state index is 0.0154. The molecule has 0 aliphatic carbocycles. The number of hydrogen-bond acceptors (Lipinski definition) is 5. The Balaban J connectivity index is 1.31. The number of carbonyl (C=O) groups excluding carboxylic acids is 2. The number of amidine groups is 1. The van der Waals surface area contributed by atoms with Crippen molar-refractivity contribution in [2.45, 2.75) is 32.3 Å². The first kappa shape index (κ1) is 22.8. The normalized spacial score (nSPS) is 10.5. The van der Waals surface area contributed by atoms with E-state index in [0.717, 1.165) is 29.2 Å². The van der Waals surface area contributed by atoms with Crippen molar-refractivity contribution in [1.82, 2.24) is 5.32 Å². The molecule has 0 heterocycles. The van der Waals surface area contributed by atoms with E-state index in [1.807, 2.05) is 48.5 Å². The first-order valence-corrected chi connectivity index (χ1v) is 10.5. The van der Waals surface area contributed by atoms with E-state index in [1.54, 1.807) is 18.2 Å². The number of alkyl carbamates (subject to hydrolysis) is 1. The van der Waals surface area contributed by atoms with Crippen molar-refractivity contribution >= 4 is 28.7 Å². The van der Waals surface area contributed by atoms with Gasteiger partial charge in [-0.15, -0.1) is 0 Å². The van der Waals surface area contributed by atoms with Crippen molar-refractivity contribution in [3.05, 3.63) is 77.9 Å². The Labute approximate surface area is 187 Å². The third kappa shape index (κ3) is 7.12. The van der Waals surface area contributed by atoms with Gasteiger partial charge in [-0.2, -0.15) is 0 Å². The van der Waals surface area contributed by atoms with Gasteiger partial charge in [0.25, 0.3) is 0 Å². The molecule has 7 nitrogen and oxygen atoms in total. The number of rotatable bonds is 10. The van der Waals surface area contributed by atoms with Crippen LogP contribution >= 0.6 is 0 Å². The van der Waals surface area contributed by atoms with Crippen LogP contribution in [0.4, 0.5) is 4.79 Å². The van der Waals surface area contributed by atoms with E-state index < -0.39 is 6.09 Å². The van der Waals surface area contributed by atoms with E-state index in [4.69, 9.17) is 20.6 Å². The molecular formula is C25H27N3O4. The number of esters is 1. The van der Waals surface area contributed by atoms with Crippen LogP contribution in [-0.2, 0) is 16.1 Å². The zero-order valence-corrected chi connectivity index (χ0v) is 17.8. The number of benzene rings is 3. The molecule has 1 amide bonds. The van der Waals surface area contributed by atoms with Gasteiger partial charge in [-0.3, -0.25) is 10.2 Å². The van der Waals surface area contributed by atoms with E-state index in [9.17, 15) is 9.59 Å². The average Bonchev–Trinajstić information content (AvgIpc) is 2.80. The average molecular weight is 434 g/mol. The molecule has 0 saturated heterocycles. The second-order valence-corrected chi connectivity index (χ2v) is 7.41. The summed E-state index contributed by atoms with van der Waals surface area (Å²) in [5.41, 5.74) is 7.11. The second kappa shape index (κ2) is 11.5. The molecule has 0 spiro atoms. The van der Waals surface area contributed by atoms with E-state index in [0.29, 0.717) is 30.7 Å². The van der Waals surface area contributed by atoms with Crippen molar-refractivity contribution in [3.8, 4) is 5.75 Å². The number of nitrogens with two attached hydrogens (primary N) is 1. The van der Waals surface area contributed by atoms with Crippen LogP contribution in [0.1, 0.15) is 36.8 Å². The molecule has 0 radical (unpaired) electrons. The predicted octanol–water partition coefficient (Wildman–Crippen LogP) is 4.52. The number of unbranched alkanes of at least 4 members (excludes halogenated alkanes) is 2. The molecule has 0 unspecified atom stereocenters. The molecule has 0 aromatic heterocycles. The van der Waals surface area contributed by atoms with Gasteiger partial charge >= 0.3 is 12.1 Å². The zero-order chi connectivity index (χ0) is 22.8. The Morgan fingerprint density at radius 3 is 2.44 bits per heavy atom. The van der Waals surface area contributed by atoms with Gasteiger partial charge in [-0.25, -0.2) is 4.79 Å². The summed E-state index contributed by atoms with van der Waals surface area (Å²) >= 11 is 0. The molecule has 4 N–H and O–H groups in total. The van der Waals surface area contributed by atoms with Gasteiger partial charge in [-0.1, -0.05) is 55.0 Å². The monoisotopic (exact) mass is 433 g/mol. The highest BCUT2D eigenvalue weighted by Gasteiger charge is 2.07. The summed E-state index contributed by atoms with van der Waals surface area (Å²) in [6.07, 6.45) is 2.08. The SMILES string of the molecule is N=C(N)c1ccc2cc(OC(=O)CCCCCNC(=O)OCc3ccccc3)ccc2c1. The minimum atomic E-state index is -0.444. The van der Waals surface area contributed by atoms with Crippen molar-refractivity contribution in [3.63, 3.8) is 0 Å². The molecule has 0 aliphatic heterocycles. The molecule has 3 rings (SSSR count). The van der Waals surface area contributed by atoms with Crippen molar-refractivity contribution in [2.24, 2.45) is 5.73 Å². The number of amides is 1. The third-order valence-corrected chi connectivity index (χ3v) is 4.89. The quantitative estimate of drug-likeness (QED) is 0.143. The standard InChI is InChI=1S/C25H27N3O4/c26-24(27)21-11-10-20-16-22(13-12-19(20)15-21)32-23(29)9-5-2-6-14-28-25(30)31-17-18-7-3-1-4-8-18/h1,3-4,7-8,10-13,15-16H,2,5-6,9,14,17H2,(H3,26,27)(H,28,30). The molecule has 0 bridgehead atoms. The van der Waals surface area contributed by atoms with Crippen LogP contribution < -0.4 is 15.8 Å². The van der Waals surface area contributed by atoms with Gasteiger partial charge in [0, 0.05) is 18.5 Å². The number of carbonyl (C=O) groups is 2. The van der Waals surface area contributed by atoms with Crippen LogP contribution in [0.2, 0.25) is 0 Å². The summed E-state index contributed by atoms with van der Waals surface area (Å²) < 4.78 is 10.6. The van der Waals surface area contributed by atoms with E-state index in [1.165, 1.54) is 0 Å². The molecule has 3 aromatic carbocycles. The third-order valence-electron chi connectivity index (χ3n) is 4.89. The van der Waals surface area contributed by atoms with Crippen molar-refractivity contribution in [2.75, 3.05) is 6.54 Å². The Hall–Kier alpha value is -3.87. The summed E-state index contributed by atoms with van der Waals surface area (Å²) in [6, 6.07) is 20.3. The number of hydrogen-bond donors (Lipinski definition) is 3. The van der Waals surface area contributed by atoms with Gasteiger partial charge in [-0.05, 0) is 47.4 Å². The summed E-state index contributed by atoms with van der Waals surface area (Å²) in [6.45, 7) is 0.737. The highest BCUT2D eigenvalue weighted by molar-refractivity contribution is 5.99. The number of fused-ring (bicyclic) bond motifs is 1.